The molecule has 1 amide bonds. The number of nitrogens with zero attached hydrogens (tertiary/aromatic N) is 2. The van der Waals surface area contributed by atoms with E-state index in [1.165, 1.54) is 0 Å². The van der Waals surface area contributed by atoms with Crippen LogP contribution in [-0.2, 0) is 0 Å². The summed E-state index contributed by atoms with van der Waals surface area (Å²) in [5.41, 5.74) is 2.27. The van der Waals surface area contributed by atoms with Crippen LogP contribution in [0.5, 0.6) is 0 Å². The van der Waals surface area contributed by atoms with Crippen molar-refractivity contribution in [3.8, 4) is 0 Å². The molecule has 0 saturated carbocycles. The second-order valence-electron chi connectivity index (χ2n) is 3.85. The third-order valence-electron chi connectivity index (χ3n) is 2.47. The van der Waals surface area contributed by atoms with E-state index < -0.39 is 0 Å². The highest BCUT2D eigenvalue weighted by Gasteiger charge is 2.20. The van der Waals surface area contributed by atoms with Gasteiger partial charge in [-0.3, -0.25) is 9.89 Å². The van der Waals surface area contributed by atoms with Gasteiger partial charge in [0.05, 0.1) is 11.3 Å². The zero-order chi connectivity index (χ0) is 12.1. The molecule has 1 rings (SSSR count). The number of carbonyl (C=O) groups is 1. The fourth-order valence-electron chi connectivity index (χ4n) is 1.73. The number of nitrogens with one attached hydrogen (secondary N) is 1. The molecule has 16 heavy (non-hydrogen) atoms. The Morgan fingerprint density at radius 1 is 1.56 bits per heavy atom. The van der Waals surface area contributed by atoms with E-state index in [2.05, 4.69) is 23.7 Å². The SMILES string of the molecule is C=CCN(CCC)C(=O)c1c(C)n[nH]c1C. The van der Waals surface area contributed by atoms with Crippen LogP contribution in [0, 0.1) is 13.8 Å². The molecule has 1 N–H and O–H groups in total. The molecule has 0 radical (unpaired) electrons. The molecule has 88 valence electrons. The summed E-state index contributed by atoms with van der Waals surface area (Å²) in [7, 11) is 0. The molecule has 0 atom stereocenters. The molecule has 0 saturated heterocycles. The predicted octanol–water partition coefficient (Wildman–Crippen LogP) is 2.06. The van der Waals surface area contributed by atoms with Crippen LogP contribution in [0.25, 0.3) is 0 Å². The third kappa shape index (κ3) is 2.51. The number of amides is 1. The van der Waals surface area contributed by atoms with Gasteiger partial charge in [-0.25, -0.2) is 0 Å². The predicted molar refractivity (Wildman–Crippen MR) is 64.5 cm³/mol. The highest BCUT2D eigenvalue weighted by molar-refractivity contribution is 5.96. The van der Waals surface area contributed by atoms with Crippen LogP contribution < -0.4 is 0 Å². The van der Waals surface area contributed by atoms with Crippen LogP contribution in [0.15, 0.2) is 12.7 Å². The van der Waals surface area contributed by atoms with E-state index in [-0.39, 0.29) is 5.91 Å². The monoisotopic (exact) mass is 221 g/mol. The van der Waals surface area contributed by atoms with Crippen molar-refractivity contribution in [3.63, 3.8) is 0 Å². The summed E-state index contributed by atoms with van der Waals surface area (Å²) in [5.74, 6) is 0.0329. The smallest absolute Gasteiger partial charge is 0.257 e. The Hall–Kier alpha value is -1.58. The molecule has 1 heterocycles. The minimum atomic E-state index is 0.0329. The van der Waals surface area contributed by atoms with E-state index in [1.807, 2.05) is 13.8 Å². The highest BCUT2D eigenvalue weighted by Crippen LogP contribution is 2.13. The summed E-state index contributed by atoms with van der Waals surface area (Å²) in [4.78, 5) is 14.0. The van der Waals surface area contributed by atoms with Gasteiger partial charge in [-0.1, -0.05) is 13.0 Å². The Morgan fingerprint density at radius 2 is 2.25 bits per heavy atom. The van der Waals surface area contributed by atoms with E-state index in [4.69, 9.17) is 0 Å². The summed E-state index contributed by atoms with van der Waals surface area (Å²) in [6.45, 7) is 10.8. The van der Waals surface area contributed by atoms with E-state index in [0.717, 1.165) is 24.4 Å². The molecular weight excluding hydrogens is 202 g/mol. The lowest BCUT2D eigenvalue weighted by molar-refractivity contribution is 0.0772. The molecule has 0 unspecified atom stereocenters. The second-order valence-corrected chi connectivity index (χ2v) is 3.85. The molecule has 0 aromatic carbocycles. The van der Waals surface area contributed by atoms with E-state index in [1.54, 1.807) is 11.0 Å². The lowest BCUT2D eigenvalue weighted by Crippen LogP contribution is -2.32. The molecule has 4 nitrogen and oxygen atoms in total. The van der Waals surface area contributed by atoms with Gasteiger partial charge in [0, 0.05) is 18.8 Å². The average molecular weight is 221 g/mol. The van der Waals surface area contributed by atoms with Gasteiger partial charge in [-0.05, 0) is 20.3 Å². The quantitative estimate of drug-likeness (QED) is 0.774. The minimum absolute atomic E-state index is 0.0329. The maximum Gasteiger partial charge on any atom is 0.257 e. The van der Waals surface area contributed by atoms with Crippen molar-refractivity contribution in [1.82, 2.24) is 15.1 Å². The molecule has 1 aromatic rings. The molecule has 1 aromatic heterocycles. The number of carbonyl (C=O) groups excluding carboxylic acids is 1. The second kappa shape index (κ2) is 5.49. The summed E-state index contributed by atoms with van der Waals surface area (Å²) in [5, 5.41) is 6.88. The average Bonchev–Trinajstić information content (AvgIpc) is 2.57. The Balaban J connectivity index is 2.93. The van der Waals surface area contributed by atoms with Crippen molar-refractivity contribution in [1.29, 1.82) is 0 Å². The van der Waals surface area contributed by atoms with Gasteiger partial charge in [0.15, 0.2) is 0 Å². The summed E-state index contributed by atoms with van der Waals surface area (Å²) in [6.07, 6.45) is 2.69. The summed E-state index contributed by atoms with van der Waals surface area (Å²) >= 11 is 0. The van der Waals surface area contributed by atoms with Crippen molar-refractivity contribution in [2.45, 2.75) is 27.2 Å². The lowest BCUT2D eigenvalue weighted by atomic mass is 10.1. The Labute approximate surface area is 96.3 Å². The zero-order valence-corrected chi connectivity index (χ0v) is 10.2. The molecule has 0 aliphatic carbocycles. The van der Waals surface area contributed by atoms with Crippen molar-refractivity contribution in [2.24, 2.45) is 0 Å². The number of aryl methyl sites for hydroxylation is 2. The van der Waals surface area contributed by atoms with Gasteiger partial charge in [0.2, 0.25) is 0 Å². The van der Waals surface area contributed by atoms with Crippen molar-refractivity contribution >= 4 is 5.91 Å². The summed E-state index contributed by atoms with van der Waals surface area (Å²) in [6, 6.07) is 0. The first-order valence-electron chi connectivity index (χ1n) is 5.53. The van der Waals surface area contributed by atoms with E-state index in [0.29, 0.717) is 12.1 Å². The van der Waals surface area contributed by atoms with Gasteiger partial charge < -0.3 is 4.90 Å². The van der Waals surface area contributed by atoms with Crippen molar-refractivity contribution in [2.75, 3.05) is 13.1 Å². The Kier molecular flexibility index (Phi) is 4.28. The molecule has 0 aliphatic heterocycles. The standard InChI is InChI=1S/C12H19N3O/c1-5-7-15(8-6-2)12(16)11-9(3)13-14-10(11)4/h5H,1,6-8H2,2-4H3,(H,13,14). The van der Waals surface area contributed by atoms with Crippen LogP contribution in [0.1, 0.15) is 35.1 Å². The van der Waals surface area contributed by atoms with Gasteiger partial charge in [-0.2, -0.15) is 5.10 Å². The first kappa shape index (κ1) is 12.5. The van der Waals surface area contributed by atoms with Crippen molar-refractivity contribution in [3.05, 3.63) is 29.6 Å². The minimum Gasteiger partial charge on any atom is -0.335 e. The van der Waals surface area contributed by atoms with Gasteiger partial charge >= 0.3 is 0 Å². The largest absolute Gasteiger partial charge is 0.335 e. The first-order chi connectivity index (χ1) is 7.61. The number of aromatic nitrogens is 2. The van der Waals surface area contributed by atoms with Gasteiger partial charge in [-0.15, -0.1) is 6.58 Å². The van der Waals surface area contributed by atoms with E-state index in [9.17, 15) is 4.79 Å². The fraction of sp³-hybridized carbons (Fsp3) is 0.500. The number of hydrogen-bond donors (Lipinski definition) is 1. The Morgan fingerprint density at radius 3 is 2.69 bits per heavy atom. The van der Waals surface area contributed by atoms with Gasteiger partial charge in [0.1, 0.15) is 0 Å². The zero-order valence-electron chi connectivity index (χ0n) is 10.2. The number of rotatable bonds is 5. The fourth-order valence-corrected chi connectivity index (χ4v) is 1.73. The normalized spacial score (nSPS) is 10.2. The molecule has 0 bridgehead atoms. The third-order valence-corrected chi connectivity index (χ3v) is 2.47. The topological polar surface area (TPSA) is 49.0 Å². The van der Waals surface area contributed by atoms with Crippen LogP contribution in [0.4, 0.5) is 0 Å². The van der Waals surface area contributed by atoms with Crippen LogP contribution >= 0.6 is 0 Å². The number of H-pyrrole nitrogens is 1. The van der Waals surface area contributed by atoms with Crippen LogP contribution in [0.3, 0.4) is 0 Å². The number of aromatic amines is 1. The molecule has 0 aliphatic rings. The highest BCUT2D eigenvalue weighted by atomic mass is 16.2. The van der Waals surface area contributed by atoms with Crippen LogP contribution in [0.2, 0.25) is 0 Å². The first-order valence-corrected chi connectivity index (χ1v) is 5.53. The molecule has 4 heteroatoms. The number of hydrogen-bond acceptors (Lipinski definition) is 2. The van der Waals surface area contributed by atoms with Crippen LogP contribution in [-0.4, -0.2) is 34.1 Å². The molecule has 0 fully saturated rings. The molecule has 0 spiro atoms. The maximum atomic E-state index is 12.2. The maximum absolute atomic E-state index is 12.2. The van der Waals surface area contributed by atoms with Crippen molar-refractivity contribution < 1.29 is 4.79 Å². The molecular formula is C12H19N3O. The Bertz CT molecular complexity index is 362. The summed E-state index contributed by atoms with van der Waals surface area (Å²) < 4.78 is 0. The van der Waals surface area contributed by atoms with Gasteiger partial charge in [0.25, 0.3) is 5.91 Å². The lowest BCUT2D eigenvalue weighted by Gasteiger charge is -2.20. The van der Waals surface area contributed by atoms with E-state index >= 15 is 0 Å².